The molecular weight excluding hydrogens is 186 g/mol. The van der Waals surface area contributed by atoms with Crippen molar-refractivity contribution in [3.63, 3.8) is 0 Å². The van der Waals surface area contributed by atoms with Crippen molar-refractivity contribution in [3.05, 3.63) is 0 Å². The minimum absolute atomic E-state index is 0.0592. The number of nitrogens with zero attached hydrogens (tertiary/aromatic N) is 1. The molecule has 0 saturated carbocycles. The number of carbonyl (C=O) groups is 2. The first-order valence-corrected chi connectivity index (χ1v) is 4.17. The maximum atomic E-state index is 11.1. The highest BCUT2D eigenvalue weighted by molar-refractivity contribution is 5.74. The Morgan fingerprint density at radius 1 is 1.36 bits per heavy atom. The lowest BCUT2D eigenvalue weighted by Gasteiger charge is -2.09. The summed E-state index contributed by atoms with van der Waals surface area (Å²) >= 11 is 0. The first kappa shape index (κ1) is 12.4. The SMILES string of the molecule is COC(=O)CCC(CC#N)C(=O)OC. The third kappa shape index (κ3) is 4.45. The molecule has 0 aromatic heterocycles. The van der Waals surface area contributed by atoms with Crippen molar-refractivity contribution in [1.29, 1.82) is 5.26 Å². The smallest absolute Gasteiger partial charge is 0.309 e. The fourth-order valence-electron chi connectivity index (χ4n) is 0.974. The summed E-state index contributed by atoms with van der Waals surface area (Å²) < 4.78 is 8.91. The van der Waals surface area contributed by atoms with Gasteiger partial charge in [-0.15, -0.1) is 0 Å². The number of hydrogen-bond donors (Lipinski definition) is 0. The van der Waals surface area contributed by atoms with Crippen LogP contribution in [0.25, 0.3) is 0 Å². The zero-order valence-electron chi connectivity index (χ0n) is 8.28. The Hall–Kier alpha value is -1.57. The van der Waals surface area contributed by atoms with Crippen LogP contribution >= 0.6 is 0 Å². The normalized spacial score (nSPS) is 11.2. The van der Waals surface area contributed by atoms with E-state index in [1.54, 1.807) is 0 Å². The second-order valence-electron chi connectivity index (χ2n) is 2.70. The van der Waals surface area contributed by atoms with E-state index >= 15 is 0 Å². The van der Waals surface area contributed by atoms with Crippen LogP contribution in [0, 0.1) is 17.2 Å². The molecule has 0 radical (unpaired) electrons. The Labute approximate surface area is 82.6 Å². The summed E-state index contributed by atoms with van der Waals surface area (Å²) in [6.07, 6.45) is 0.467. The zero-order valence-corrected chi connectivity index (χ0v) is 8.28. The molecule has 14 heavy (non-hydrogen) atoms. The number of esters is 2. The van der Waals surface area contributed by atoms with Crippen LogP contribution in [0.4, 0.5) is 0 Å². The van der Waals surface area contributed by atoms with Crippen LogP contribution in [0.5, 0.6) is 0 Å². The molecule has 0 spiro atoms. The molecule has 1 unspecified atom stereocenters. The van der Waals surface area contributed by atoms with Gasteiger partial charge in [0.15, 0.2) is 0 Å². The van der Waals surface area contributed by atoms with Crippen molar-refractivity contribution in [2.75, 3.05) is 14.2 Å². The second kappa shape index (κ2) is 6.89. The molecule has 0 amide bonds. The largest absolute Gasteiger partial charge is 0.469 e. The van der Waals surface area contributed by atoms with Gasteiger partial charge in [0.05, 0.1) is 26.2 Å². The van der Waals surface area contributed by atoms with E-state index in [0.717, 1.165) is 0 Å². The van der Waals surface area contributed by atoms with Crippen LogP contribution in [0.3, 0.4) is 0 Å². The molecule has 5 nitrogen and oxygen atoms in total. The van der Waals surface area contributed by atoms with Gasteiger partial charge in [-0.25, -0.2) is 0 Å². The highest BCUT2D eigenvalue weighted by Gasteiger charge is 2.19. The number of nitriles is 1. The molecule has 0 aromatic rings. The minimum atomic E-state index is -0.538. The summed E-state index contributed by atoms with van der Waals surface area (Å²) in [4.78, 5) is 21.9. The van der Waals surface area contributed by atoms with Crippen LogP contribution in [0.2, 0.25) is 0 Å². The predicted molar refractivity (Wildman–Crippen MR) is 47.0 cm³/mol. The van der Waals surface area contributed by atoms with Gasteiger partial charge in [0.2, 0.25) is 0 Å². The van der Waals surface area contributed by atoms with Gasteiger partial charge in [-0.2, -0.15) is 5.26 Å². The van der Waals surface area contributed by atoms with E-state index in [-0.39, 0.29) is 19.3 Å². The van der Waals surface area contributed by atoms with Gasteiger partial charge >= 0.3 is 11.9 Å². The average Bonchev–Trinajstić information content (AvgIpc) is 2.22. The molecule has 0 rings (SSSR count). The van der Waals surface area contributed by atoms with Crippen LogP contribution in [0.15, 0.2) is 0 Å². The highest BCUT2D eigenvalue weighted by Crippen LogP contribution is 2.12. The fourth-order valence-corrected chi connectivity index (χ4v) is 0.974. The summed E-state index contributed by atoms with van der Waals surface area (Å²) in [6, 6.07) is 1.87. The predicted octanol–water partition coefficient (Wildman–Crippen LogP) is 0.642. The van der Waals surface area contributed by atoms with Gasteiger partial charge in [0.25, 0.3) is 0 Å². The van der Waals surface area contributed by atoms with Crippen molar-refractivity contribution in [2.24, 2.45) is 5.92 Å². The highest BCUT2D eigenvalue weighted by atomic mass is 16.5. The number of ether oxygens (including phenoxy) is 2. The van der Waals surface area contributed by atoms with E-state index in [9.17, 15) is 9.59 Å². The summed E-state index contributed by atoms with van der Waals surface area (Å²) in [6.45, 7) is 0. The lowest BCUT2D eigenvalue weighted by atomic mass is 10.0. The summed E-state index contributed by atoms with van der Waals surface area (Å²) in [7, 11) is 2.53. The quantitative estimate of drug-likeness (QED) is 0.607. The topological polar surface area (TPSA) is 76.4 Å². The average molecular weight is 199 g/mol. The third-order valence-electron chi connectivity index (χ3n) is 1.80. The zero-order chi connectivity index (χ0) is 11.0. The molecule has 0 aliphatic carbocycles. The molecule has 0 bridgehead atoms. The summed E-state index contributed by atoms with van der Waals surface area (Å²) in [5.74, 6) is -1.39. The first-order chi connectivity index (χ1) is 6.65. The number of methoxy groups -OCH3 is 2. The van der Waals surface area contributed by atoms with Gasteiger partial charge in [0, 0.05) is 12.8 Å². The van der Waals surface area contributed by atoms with Gasteiger partial charge in [-0.3, -0.25) is 9.59 Å². The molecule has 0 aromatic carbocycles. The van der Waals surface area contributed by atoms with Gasteiger partial charge < -0.3 is 9.47 Å². The van der Waals surface area contributed by atoms with Crippen molar-refractivity contribution in [1.82, 2.24) is 0 Å². The second-order valence-corrected chi connectivity index (χ2v) is 2.70. The first-order valence-electron chi connectivity index (χ1n) is 4.17. The Kier molecular flexibility index (Phi) is 6.12. The lowest BCUT2D eigenvalue weighted by molar-refractivity contribution is -0.146. The van der Waals surface area contributed by atoms with Crippen molar-refractivity contribution < 1.29 is 19.1 Å². The lowest BCUT2D eigenvalue weighted by Crippen LogP contribution is -2.17. The van der Waals surface area contributed by atoms with Crippen molar-refractivity contribution in [2.45, 2.75) is 19.3 Å². The maximum Gasteiger partial charge on any atom is 0.309 e. The van der Waals surface area contributed by atoms with Gasteiger partial charge in [0.1, 0.15) is 0 Å². The number of carbonyl (C=O) groups excluding carboxylic acids is 2. The van der Waals surface area contributed by atoms with E-state index < -0.39 is 17.9 Å². The van der Waals surface area contributed by atoms with E-state index in [0.29, 0.717) is 0 Å². The monoisotopic (exact) mass is 199 g/mol. The summed E-state index contributed by atoms with van der Waals surface area (Å²) in [5, 5.41) is 8.43. The molecule has 78 valence electrons. The molecule has 5 heteroatoms. The van der Waals surface area contributed by atoms with Crippen molar-refractivity contribution >= 4 is 11.9 Å². The Morgan fingerprint density at radius 3 is 2.43 bits per heavy atom. The van der Waals surface area contributed by atoms with Crippen molar-refractivity contribution in [3.8, 4) is 6.07 Å². The maximum absolute atomic E-state index is 11.1. The molecule has 0 aliphatic heterocycles. The molecule has 0 aliphatic rings. The van der Waals surface area contributed by atoms with E-state index in [4.69, 9.17) is 5.26 Å². The molecule has 0 saturated heterocycles. The number of hydrogen-bond acceptors (Lipinski definition) is 5. The number of rotatable bonds is 5. The van der Waals surface area contributed by atoms with Crippen LogP contribution < -0.4 is 0 Å². The van der Waals surface area contributed by atoms with Gasteiger partial charge in [-0.05, 0) is 6.42 Å². The van der Waals surface area contributed by atoms with Gasteiger partial charge in [-0.1, -0.05) is 0 Å². The molecule has 0 fully saturated rings. The minimum Gasteiger partial charge on any atom is -0.469 e. The molecule has 0 N–H and O–H groups in total. The molecule has 0 heterocycles. The Balaban J connectivity index is 4.04. The molecular formula is C9H13NO4. The Morgan fingerprint density at radius 2 is 2.00 bits per heavy atom. The van der Waals surface area contributed by atoms with E-state index in [2.05, 4.69) is 9.47 Å². The van der Waals surface area contributed by atoms with E-state index in [1.807, 2.05) is 6.07 Å². The van der Waals surface area contributed by atoms with E-state index in [1.165, 1.54) is 14.2 Å². The Bertz CT molecular complexity index is 244. The van der Waals surface area contributed by atoms with Crippen LogP contribution in [-0.2, 0) is 19.1 Å². The third-order valence-corrected chi connectivity index (χ3v) is 1.80. The van der Waals surface area contributed by atoms with Crippen LogP contribution in [-0.4, -0.2) is 26.2 Å². The summed E-state index contributed by atoms with van der Waals surface area (Å²) in [5.41, 5.74) is 0. The van der Waals surface area contributed by atoms with Crippen LogP contribution in [0.1, 0.15) is 19.3 Å². The fraction of sp³-hybridized carbons (Fsp3) is 0.667. The molecule has 1 atom stereocenters. The standard InChI is InChI=1S/C9H13NO4/c1-13-8(11)4-3-7(5-6-10)9(12)14-2/h7H,3-5H2,1-2H3.